The number of nitrogens with one attached hydrogen (secondary N) is 1. The fourth-order valence-corrected chi connectivity index (χ4v) is 3.37. The summed E-state index contributed by atoms with van der Waals surface area (Å²) in [6, 6.07) is 16.1. The van der Waals surface area contributed by atoms with Gasteiger partial charge in [0.2, 0.25) is 10.0 Å². The number of aromatic nitrogens is 4. The molecule has 0 aliphatic heterocycles. The van der Waals surface area contributed by atoms with Gasteiger partial charge in [-0.2, -0.15) is 5.10 Å². The van der Waals surface area contributed by atoms with Gasteiger partial charge in [0.25, 0.3) is 0 Å². The van der Waals surface area contributed by atoms with Gasteiger partial charge in [0.05, 0.1) is 16.5 Å². The number of nitrogens with zero attached hydrogens (tertiary/aromatic N) is 4. The molecule has 0 radical (unpaired) electrons. The van der Waals surface area contributed by atoms with Crippen molar-refractivity contribution in [1.29, 1.82) is 0 Å². The van der Waals surface area contributed by atoms with E-state index in [1.807, 2.05) is 37.4 Å². The van der Waals surface area contributed by atoms with Gasteiger partial charge in [-0.05, 0) is 17.7 Å². The van der Waals surface area contributed by atoms with Crippen molar-refractivity contribution in [1.82, 2.24) is 19.7 Å². The first kappa shape index (κ1) is 18.1. The van der Waals surface area contributed by atoms with Crippen molar-refractivity contribution < 1.29 is 8.42 Å². The molecule has 2 heterocycles. The highest BCUT2D eigenvalue weighted by molar-refractivity contribution is 7.89. The van der Waals surface area contributed by atoms with Crippen LogP contribution < -0.4 is 10.5 Å². The molecule has 0 fully saturated rings. The van der Waals surface area contributed by atoms with E-state index in [2.05, 4.69) is 20.4 Å². The molecule has 0 saturated carbocycles. The van der Waals surface area contributed by atoms with E-state index in [0.29, 0.717) is 18.2 Å². The van der Waals surface area contributed by atoms with E-state index in [1.54, 1.807) is 23.0 Å². The molecule has 0 saturated heterocycles. The molecule has 0 bridgehead atoms. The largest absolute Gasteiger partial charge is 0.365 e. The van der Waals surface area contributed by atoms with Crippen molar-refractivity contribution >= 4 is 26.9 Å². The molecule has 142 valence electrons. The summed E-state index contributed by atoms with van der Waals surface area (Å²) < 4.78 is 24.5. The minimum Gasteiger partial charge on any atom is -0.365 e. The molecule has 28 heavy (non-hydrogen) atoms. The number of hydrogen-bond donors (Lipinski definition) is 2. The summed E-state index contributed by atoms with van der Waals surface area (Å²) in [6.07, 6.45) is 1.72. The monoisotopic (exact) mass is 394 g/mol. The zero-order valence-corrected chi connectivity index (χ0v) is 15.9. The molecule has 3 N–H and O–H groups in total. The highest BCUT2D eigenvalue weighted by atomic mass is 32.2. The molecule has 0 atom stereocenters. The Morgan fingerprint density at radius 2 is 1.75 bits per heavy atom. The zero-order valence-electron chi connectivity index (χ0n) is 15.1. The number of primary sulfonamides is 1. The third kappa shape index (κ3) is 3.57. The van der Waals surface area contributed by atoms with Gasteiger partial charge in [-0.25, -0.2) is 23.5 Å². The summed E-state index contributed by atoms with van der Waals surface area (Å²) in [7, 11) is -1.87. The van der Waals surface area contributed by atoms with E-state index < -0.39 is 10.0 Å². The van der Waals surface area contributed by atoms with Crippen molar-refractivity contribution in [2.45, 2.75) is 11.4 Å². The Balaban J connectivity index is 1.66. The van der Waals surface area contributed by atoms with E-state index in [4.69, 9.17) is 5.14 Å². The maximum Gasteiger partial charge on any atom is 0.238 e. The van der Waals surface area contributed by atoms with E-state index in [-0.39, 0.29) is 4.90 Å². The summed E-state index contributed by atoms with van der Waals surface area (Å²) in [4.78, 5) is 9.38. The van der Waals surface area contributed by atoms with Crippen LogP contribution in [0.2, 0.25) is 0 Å². The second-order valence-electron chi connectivity index (χ2n) is 6.31. The Morgan fingerprint density at radius 1 is 1.04 bits per heavy atom. The summed E-state index contributed by atoms with van der Waals surface area (Å²) in [5.74, 6) is 1.26. The van der Waals surface area contributed by atoms with E-state index in [9.17, 15) is 8.42 Å². The first-order chi connectivity index (χ1) is 13.4. The van der Waals surface area contributed by atoms with Gasteiger partial charge in [-0.1, -0.05) is 42.5 Å². The Hall–Kier alpha value is -3.30. The summed E-state index contributed by atoms with van der Waals surface area (Å²) in [6.45, 7) is 0.458. The van der Waals surface area contributed by atoms with Crippen LogP contribution in [0, 0.1) is 0 Å². The van der Waals surface area contributed by atoms with Crippen LogP contribution in [0.3, 0.4) is 0 Å². The number of rotatable bonds is 5. The number of anilines is 1. The first-order valence-corrected chi connectivity index (χ1v) is 10.1. The molecule has 4 aromatic rings. The third-order valence-corrected chi connectivity index (χ3v) is 5.27. The van der Waals surface area contributed by atoms with Gasteiger partial charge < -0.3 is 5.32 Å². The van der Waals surface area contributed by atoms with Crippen LogP contribution in [0.15, 0.2) is 65.7 Å². The molecule has 4 rings (SSSR count). The minimum absolute atomic E-state index is 0.0827. The Morgan fingerprint density at radius 3 is 2.43 bits per heavy atom. The quantitative estimate of drug-likeness (QED) is 0.536. The second-order valence-corrected chi connectivity index (χ2v) is 7.87. The lowest BCUT2D eigenvalue weighted by atomic mass is 10.2. The number of sulfonamides is 1. The average Bonchev–Trinajstić information content (AvgIpc) is 3.07. The van der Waals surface area contributed by atoms with Crippen LogP contribution in [0.25, 0.3) is 22.4 Å². The normalized spacial score (nSPS) is 11.6. The Labute approximate surface area is 162 Å². The van der Waals surface area contributed by atoms with Crippen molar-refractivity contribution in [3.05, 3.63) is 66.4 Å². The van der Waals surface area contributed by atoms with E-state index >= 15 is 0 Å². The van der Waals surface area contributed by atoms with Gasteiger partial charge >= 0.3 is 0 Å². The smallest absolute Gasteiger partial charge is 0.238 e. The third-order valence-electron chi connectivity index (χ3n) is 4.34. The number of aryl methyl sites for hydroxylation is 1. The van der Waals surface area contributed by atoms with E-state index in [0.717, 1.165) is 22.2 Å². The fraction of sp³-hybridized carbons (Fsp3) is 0.105. The van der Waals surface area contributed by atoms with Gasteiger partial charge in [0.15, 0.2) is 11.5 Å². The molecule has 2 aromatic carbocycles. The molecular formula is C19H18N6O2S. The SMILES string of the molecule is Cn1ncc2c(NCc3ccc(S(N)(=O)=O)cc3)nc(-c3ccccc3)nc21. The minimum atomic E-state index is -3.70. The van der Waals surface area contributed by atoms with Crippen LogP contribution >= 0.6 is 0 Å². The standard InChI is InChI=1S/C19H18N6O2S/c1-25-19-16(12-22-25)18(23-17(24-19)14-5-3-2-4-6-14)21-11-13-7-9-15(10-8-13)28(20,26)27/h2-10,12H,11H2,1H3,(H2,20,26,27)(H,21,23,24). The van der Waals surface area contributed by atoms with Crippen molar-refractivity contribution in [3.8, 4) is 11.4 Å². The molecule has 2 aromatic heterocycles. The molecular weight excluding hydrogens is 376 g/mol. The number of hydrogen-bond acceptors (Lipinski definition) is 6. The molecule has 0 unspecified atom stereocenters. The molecule has 0 amide bonds. The van der Waals surface area contributed by atoms with Crippen LogP contribution in [0.1, 0.15) is 5.56 Å². The van der Waals surface area contributed by atoms with Crippen molar-refractivity contribution in [2.75, 3.05) is 5.32 Å². The maximum atomic E-state index is 11.4. The van der Waals surface area contributed by atoms with Crippen LogP contribution in [-0.2, 0) is 23.6 Å². The number of fused-ring (bicyclic) bond motifs is 1. The topological polar surface area (TPSA) is 116 Å². The van der Waals surface area contributed by atoms with Crippen molar-refractivity contribution in [3.63, 3.8) is 0 Å². The maximum absolute atomic E-state index is 11.4. The number of nitrogens with two attached hydrogens (primary N) is 1. The molecule has 9 heteroatoms. The highest BCUT2D eigenvalue weighted by Gasteiger charge is 2.13. The van der Waals surface area contributed by atoms with Crippen LogP contribution in [0.4, 0.5) is 5.82 Å². The Kier molecular flexibility index (Phi) is 4.54. The second kappa shape index (κ2) is 7.02. The van der Waals surface area contributed by atoms with Crippen LogP contribution in [0.5, 0.6) is 0 Å². The lowest BCUT2D eigenvalue weighted by Crippen LogP contribution is -2.12. The Bertz CT molecular complexity index is 1230. The average molecular weight is 394 g/mol. The van der Waals surface area contributed by atoms with Gasteiger partial charge in [-0.15, -0.1) is 0 Å². The summed E-state index contributed by atoms with van der Waals surface area (Å²) >= 11 is 0. The highest BCUT2D eigenvalue weighted by Crippen LogP contribution is 2.25. The fourth-order valence-electron chi connectivity index (χ4n) is 2.86. The summed E-state index contributed by atoms with van der Waals surface area (Å²) in [5, 5.41) is 13.5. The number of benzene rings is 2. The van der Waals surface area contributed by atoms with Gasteiger partial charge in [0.1, 0.15) is 5.82 Å². The van der Waals surface area contributed by atoms with Gasteiger partial charge in [0, 0.05) is 19.2 Å². The molecule has 0 spiro atoms. The predicted octanol–water partition coefficient (Wildman–Crippen LogP) is 2.29. The summed E-state index contributed by atoms with van der Waals surface area (Å²) in [5.41, 5.74) is 2.52. The van der Waals surface area contributed by atoms with Crippen molar-refractivity contribution in [2.24, 2.45) is 12.2 Å². The lowest BCUT2D eigenvalue weighted by molar-refractivity contribution is 0.598. The zero-order chi connectivity index (χ0) is 19.7. The van der Waals surface area contributed by atoms with Crippen LogP contribution in [-0.4, -0.2) is 28.2 Å². The predicted molar refractivity (Wildman–Crippen MR) is 107 cm³/mol. The van der Waals surface area contributed by atoms with E-state index in [1.165, 1.54) is 12.1 Å². The lowest BCUT2D eigenvalue weighted by Gasteiger charge is -2.10. The first-order valence-electron chi connectivity index (χ1n) is 8.52. The van der Waals surface area contributed by atoms with Gasteiger partial charge in [-0.3, -0.25) is 4.68 Å². The molecule has 8 nitrogen and oxygen atoms in total. The molecule has 0 aliphatic rings. The molecule has 0 aliphatic carbocycles.